The highest BCUT2D eigenvalue weighted by Crippen LogP contribution is 2.32. The first-order chi connectivity index (χ1) is 9.13. The number of furan rings is 1. The van der Waals surface area contributed by atoms with Crippen LogP contribution in [0.25, 0.3) is 11.0 Å². The molecule has 1 aromatic heterocycles. The van der Waals surface area contributed by atoms with E-state index in [2.05, 4.69) is 39.1 Å². The summed E-state index contributed by atoms with van der Waals surface area (Å²) in [5, 5.41) is 4.54. The minimum Gasteiger partial charge on any atom is -0.490 e. The zero-order valence-corrected chi connectivity index (χ0v) is 12.2. The van der Waals surface area contributed by atoms with Gasteiger partial charge in [-0.1, -0.05) is 32.9 Å². The number of hydrogen-bond acceptors (Lipinski definition) is 3. The highest BCUT2D eigenvalue weighted by atomic mass is 16.5. The van der Waals surface area contributed by atoms with Gasteiger partial charge >= 0.3 is 0 Å². The molecule has 0 amide bonds. The van der Waals surface area contributed by atoms with Crippen LogP contribution in [0.15, 0.2) is 22.6 Å². The van der Waals surface area contributed by atoms with Gasteiger partial charge in [-0.3, -0.25) is 0 Å². The average molecular weight is 261 g/mol. The number of fused-ring (bicyclic) bond motifs is 1. The van der Waals surface area contributed by atoms with E-state index in [0.717, 1.165) is 42.1 Å². The van der Waals surface area contributed by atoms with Crippen molar-refractivity contribution in [2.75, 3.05) is 6.61 Å². The first-order valence-electron chi connectivity index (χ1n) is 7.00. The molecule has 1 heterocycles. The summed E-state index contributed by atoms with van der Waals surface area (Å²) < 4.78 is 11.7. The molecule has 2 aromatic rings. The van der Waals surface area contributed by atoms with E-state index >= 15 is 0 Å². The normalized spacial score (nSPS) is 11.4. The van der Waals surface area contributed by atoms with Crippen LogP contribution in [-0.2, 0) is 6.54 Å². The molecule has 3 nitrogen and oxygen atoms in total. The SMILES string of the molecule is CCCOc1cccc2c(C)c(CNC(C)C)oc12. The molecule has 1 aromatic carbocycles. The minimum absolute atomic E-state index is 0.448. The second-order valence-corrected chi connectivity index (χ2v) is 5.17. The predicted octanol–water partition coefficient (Wildman–Crippen LogP) is 4.03. The summed E-state index contributed by atoms with van der Waals surface area (Å²) >= 11 is 0. The average Bonchev–Trinajstić information content (AvgIpc) is 2.72. The van der Waals surface area contributed by atoms with E-state index in [4.69, 9.17) is 9.15 Å². The van der Waals surface area contributed by atoms with Gasteiger partial charge in [0.05, 0.1) is 13.2 Å². The summed E-state index contributed by atoms with van der Waals surface area (Å²) in [5.41, 5.74) is 2.07. The molecule has 0 aliphatic carbocycles. The van der Waals surface area contributed by atoms with E-state index in [1.54, 1.807) is 0 Å². The third-order valence-corrected chi connectivity index (χ3v) is 3.16. The van der Waals surface area contributed by atoms with Gasteiger partial charge in [-0.15, -0.1) is 0 Å². The molecular formula is C16H23NO2. The van der Waals surface area contributed by atoms with Crippen LogP contribution in [0, 0.1) is 6.92 Å². The van der Waals surface area contributed by atoms with Crippen LogP contribution in [0.1, 0.15) is 38.5 Å². The fourth-order valence-electron chi connectivity index (χ4n) is 2.06. The van der Waals surface area contributed by atoms with Gasteiger partial charge in [-0.25, -0.2) is 0 Å². The molecular weight excluding hydrogens is 238 g/mol. The lowest BCUT2D eigenvalue weighted by atomic mass is 10.1. The Morgan fingerprint density at radius 2 is 2.11 bits per heavy atom. The van der Waals surface area contributed by atoms with Gasteiger partial charge in [0.15, 0.2) is 11.3 Å². The van der Waals surface area contributed by atoms with Crippen LogP contribution in [0.3, 0.4) is 0 Å². The van der Waals surface area contributed by atoms with Crippen LogP contribution < -0.4 is 10.1 Å². The van der Waals surface area contributed by atoms with Gasteiger partial charge in [-0.05, 0) is 25.0 Å². The summed E-state index contributed by atoms with van der Waals surface area (Å²) in [6.45, 7) is 9.95. The van der Waals surface area contributed by atoms with Gasteiger partial charge in [-0.2, -0.15) is 0 Å². The van der Waals surface area contributed by atoms with Crippen molar-refractivity contribution in [3.8, 4) is 5.75 Å². The van der Waals surface area contributed by atoms with E-state index in [1.807, 2.05) is 12.1 Å². The first kappa shape index (κ1) is 13.9. The van der Waals surface area contributed by atoms with Crippen molar-refractivity contribution < 1.29 is 9.15 Å². The first-order valence-corrected chi connectivity index (χ1v) is 7.00. The van der Waals surface area contributed by atoms with E-state index in [9.17, 15) is 0 Å². The van der Waals surface area contributed by atoms with E-state index < -0.39 is 0 Å². The molecule has 0 unspecified atom stereocenters. The second-order valence-electron chi connectivity index (χ2n) is 5.17. The summed E-state index contributed by atoms with van der Waals surface area (Å²) in [6, 6.07) is 6.53. The molecule has 19 heavy (non-hydrogen) atoms. The summed E-state index contributed by atoms with van der Waals surface area (Å²) in [6.07, 6.45) is 0.998. The number of rotatable bonds is 6. The standard InChI is InChI=1S/C16H23NO2/c1-5-9-18-14-8-6-7-13-12(4)15(19-16(13)14)10-17-11(2)3/h6-8,11,17H,5,9-10H2,1-4H3. The molecule has 1 N–H and O–H groups in total. The zero-order valence-electron chi connectivity index (χ0n) is 12.2. The summed E-state index contributed by atoms with van der Waals surface area (Å²) in [4.78, 5) is 0. The molecule has 0 fully saturated rings. The van der Waals surface area contributed by atoms with Gasteiger partial charge in [0.25, 0.3) is 0 Å². The second kappa shape index (κ2) is 6.11. The smallest absolute Gasteiger partial charge is 0.176 e. The maximum atomic E-state index is 5.99. The molecule has 0 saturated carbocycles. The maximum absolute atomic E-state index is 5.99. The zero-order chi connectivity index (χ0) is 13.8. The van der Waals surface area contributed by atoms with Crippen molar-refractivity contribution in [3.63, 3.8) is 0 Å². The maximum Gasteiger partial charge on any atom is 0.176 e. The molecule has 0 bridgehead atoms. The van der Waals surface area contributed by atoms with Crippen molar-refractivity contribution in [1.82, 2.24) is 5.32 Å². The molecule has 0 saturated heterocycles. The Bertz CT molecular complexity index is 543. The third-order valence-electron chi connectivity index (χ3n) is 3.16. The van der Waals surface area contributed by atoms with Gasteiger partial charge in [0.2, 0.25) is 0 Å². The Morgan fingerprint density at radius 3 is 2.79 bits per heavy atom. The van der Waals surface area contributed by atoms with Gasteiger partial charge < -0.3 is 14.5 Å². The number of nitrogens with one attached hydrogen (secondary N) is 1. The largest absolute Gasteiger partial charge is 0.490 e. The van der Waals surface area contributed by atoms with Crippen molar-refractivity contribution in [1.29, 1.82) is 0 Å². The highest BCUT2D eigenvalue weighted by Gasteiger charge is 2.14. The lowest BCUT2D eigenvalue weighted by Crippen LogP contribution is -2.21. The third kappa shape index (κ3) is 3.10. The number of para-hydroxylation sites is 1. The Balaban J connectivity index is 2.32. The van der Waals surface area contributed by atoms with Crippen LogP contribution in [-0.4, -0.2) is 12.6 Å². The number of aryl methyl sites for hydroxylation is 1. The van der Waals surface area contributed by atoms with Crippen molar-refractivity contribution in [3.05, 3.63) is 29.5 Å². The van der Waals surface area contributed by atoms with E-state index in [0.29, 0.717) is 6.04 Å². The van der Waals surface area contributed by atoms with Crippen LogP contribution in [0.5, 0.6) is 5.75 Å². The fourth-order valence-corrected chi connectivity index (χ4v) is 2.06. The quantitative estimate of drug-likeness (QED) is 0.852. The molecule has 104 valence electrons. The Hall–Kier alpha value is -1.48. The Labute approximate surface area is 114 Å². The Morgan fingerprint density at radius 1 is 1.32 bits per heavy atom. The lowest BCUT2D eigenvalue weighted by Gasteiger charge is -2.06. The fraction of sp³-hybridized carbons (Fsp3) is 0.500. The van der Waals surface area contributed by atoms with E-state index in [-0.39, 0.29) is 0 Å². The number of benzene rings is 1. The molecule has 3 heteroatoms. The molecule has 0 spiro atoms. The van der Waals surface area contributed by atoms with Crippen molar-refractivity contribution >= 4 is 11.0 Å². The summed E-state index contributed by atoms with van der Waals surface area (Å²) in [7, 11) is 0. The van der Waals surface area contributed by atoms with Crippen molar-refractivity contribution in [2.45, 2.75) is 46.7 Å². The van der Waals surface area contributed by atoms with Crippen molar-refractivity contribution in [2.24, 2.45) is 0 Å². The molecule has 0 aliphatic heterocycles. The van der Waals surface area contributed by atoms with E-state index in [1.165, 1.54) is 5.56 Å². The molecule has 0 aliphatic rings. The molecule has 0 radical (unpaired) electrons. The predicted molar refractivity (Wildman–Crippen MR) is 78.7 cm³/mol. The van der Waals surface area contributed by atoms with Crippen LogP contribution in [0.2, 0.25) is 0 Å². The summed E-state index contributed by atoms with van der Waals surface area (Å²) in [5.74, 6) is 1.84. The number of hydrogen-bond donors (Lipinski definition) is 1. The molecule has 2 rings (SSSR count). The lowest BCUT2D eigenvalue weighted by molar-refractivity contribution is 0.315. The minimum atomic E-state index is 0.448. The Kier molecular flexibility index (Phi) is 4.48. The highest BCUT2D eigenvalue weighted by molar-refractivity contribution is 5.87. The number of ether oxygens (including phenoxy) is 1. The topological polar surface area (TPSA) is 34.4 Å². The van der Waals surface area contributed by atoms with Crippen LogP contribution in [0.4, 0.5) is 0 Å². The molecule has 0 atom stereocenters. The van der Waals surface area contributed by atoms with Gasteiger partial charge in [0, 0.05) is 11.4 Å². The van der Waals surface area contributed by atoms with Crippen LogP contribution >= 0.6 is 0 Å². The van der Waals surface area contributed by atoms with Gasteiger partial charge in [0.1, 0.15) is 5.76 Å². The monoisotopic (exact) mass is 261 g/mol.